The molecule has 7 nitrogen and oxygen atoms in total. The highest BCUT2D eigenvalue weighted by molar-refractivity contribution is 6.35. The molecule has 0 radical (unpaired) electrons. The van der Waals surface area contributed by atoms with Crippen molar-refractivity contribution < 1.29 is 9.47 Å². The Morgan fingerprint density at radius 3 is 2.88 bits per heavy atom. The molecule has 3 rings (SSSR count). The number of nitrogens with zero attached hydrogens (tertiary/aromatic N) is 3. The number of benzene rings is 1. The maximum atomic E-state index is 6.11. The molecule has 2 aromatic rings. The van der Waals surface area contributed by atoms with Crippen molar-refractivity contribution >= 4 is 23.2 Å². The molecule has 0 bridgehead atoms. The zero-order valence-electron chi connectivity index (χ0n) is 13.9. The number of hydrogen-bond acceptors (Lipinski definition) is 7. The first-order chi connectivity index (χ1) is 12.2. The Morgan fingerprint density at radius 1 is 1.24 bits per heavy atom. The predicted molar refractivity (Wildman–Crippen MR) is 98.0 cm³/mol. The van der Waals surface area contributed by atoms with Gasteiger partial charge >= 0.3 is 0 Å². The third kappa shape index (κ3) is 4.94. The predicted octanol–water partition coefficient (Wildman–Crippen LogP) is 2.04. The zero-order valence-corrected chi connectivity index (χ0v) is 14.7. The van der Waals surface area contributed by atoms with E-state index in [9.17, 15) is 0 Å². The molecule has 0 unspecified atom stereocenters. The number of halogens is 1. The quantitative estimate of drug-likeness (QED) is 0.778. The van der Waals surface area contributed by atoms with Crippen LogP contribution in [0.15, 0.2) is 30.6 Å². The number of para-hydroxylation sites is 1. The molecule has 1 aromatic heterocycles. The van der Waals surface area contributed by atoms with Crippen LogP contribution < -0.4 is 15.8 Å². The molecule has 8 heteroatoms. The minimum absolute atomic E-state index is 0.259. The summed E-state index contributed by atoms with van der Waals surface area (Å²) < 4.78 is 11.3. The Kier molecular flexibility index (Phi) is 6.27. The van der Waals surface area contributed by atoms with Gasteiger partial charge in [-0.25, -0.2) is 9.97 Å². The number of hydrogen-bond donors (Lipinski definition) is 2. The number of ether oxygens (including phenoxy) is 2. The second kappa shape index (κ2) is 8.84. The van der Waals surface area contributed by atoms with E-state index in [1.165, 1.54) is 6.33 Å². The maximum Gasteiger partial charge on any atom is 0.150 e. The second-order valence-corrected chi connectivity index (χ2v) is 6.06. The minimum Gasteiger partial charge on any atom is -0.492 e. The molecule has 0 spiro atoms. The van der Waals surface area contributed by atoms with E-state index in [1.54, 1.807) is 0 Å². The third-order valence-corrected chi connectivity index (χ3v) is 4.38. The molecule has 2 heterocycles. The van der Waals surface area contributed by atoms with Crippen molar-refractivity contribution in [2.75, 3.05) is 50.5 Å². The monoisotopic (exact) mass is 363 g/mol. The van der Waals surface area contributed by atoms with Crippen LogP contribution in [0.25, 0.3) is 0 Å². The summed E-state index contributed by atoms with van der Waals surface area (Å²) in [6, 6.07) is 7.91. The normalized spacial score (nSPS) is 15.1. The smallest absolute Gasteiger partial charge is 0.150 e. The summed E-state index contributed by atoms with van der Waals surface area (Å²) >= 11 is 6.11. The first-order valence-corrected chi connectivity index (χ1v) is 8.62. The molecular weight excluding hydrogens is 342 g/mol. The van der Waals surface area contributed by atoms with E-state index in [1.807, 2.05) is 24.3 Å². The van der Waals surface area contributed by atoms with Crippen LogP contribution in [0.5, 0.6) is 5.75 Å². The molecule has 0 saturated carbocycles. The lowest BCUT2D eigenvalue weighted by Gasteiger charge is -2.26. The second-order valence-electron chi connectivity index (χ2n) is 5.69. The van der Waals surface area contributed by atoms with Gasteiger partial charge in [0.05, 0.1) is 13.2 Å². The molecule has 25 heavy (non-hydrogen) atoms. The zero-order chi connectivity index (χ0) is 17.5. The lowest BCUT2D eigenvalue weighted by Crippen LogP contribution is -2.38. The largest absolute Gasteiger partial charge is 0.492 e. The lowest BCUT2D eigenvalue weighted by molar-refractivity contribution is 0.0322. The summed E-state index contributed by atoms with van der Waals surface area (Å²) in [7, 11) is 0. The molecule has 134 valence electrons. The Hall–Kier alpha value is -2.09. The molecule has 1 saturated heterocycles. The van der Waals surface area contributed by atoms with Gasteiger partial charge in [-0.2, -0.15) is 0 Å². The van der Waals surface area contributed by atoms with E-state index in [0.717, 1.165) is 44.2 Å². The molecule has 0 atom stereocenters. The molecule has 1 aliphatic rings. The number of morpholine rings is 1. The van der Waals surface area contributed by atoms with Crippen LogP contribution in [0.1, 0.15) is 5.56 Å². The highest BCUT2D eigenvalue weighted by Gasteiger charge is 2.11. The summed E-state index contributed by atoms with van der Waals surface area (Å²) in [6.07, 6.45) is 1.38. The van der Waals surface area contributed by atoms with E-state index < -0.39 is 0 Å². The summed E-state index contributed by atoms with van der Waals surface area (Å²) in [6.45, 7) is 5.56. The number of nitrogens with two attached hydrogens (primary N) is 1. The van der Waals surface area contributed by atoms with Crippen LogP contribution in [-0.4, -0.2) is 54.3 Å². The number of rotatable bonds is 7. The van der Waals surface area contributed by atoms with E-state index in [2.05, 4.69) is 20.2 Å². The van der Waals surface area contributed by atoms with Crippen molar-refractivity contribution in [2.24, 2.45) is 0 Å². The fourth-order valence-corrected chi connectivity index (χ4v) is 2.75. The highest BCUT2D eigenvalue weighted by atomic mass is 35.5. The third-order valence-electron chi connectivity index (χ3n) is 4.00. The average molecular weight is 364 g/mol. The standard InChI is InChI=1S/C17H22ClN5O2/c18-15-16(19)21-12-22-17(15)20-11-13-3-1-2-4-14(13)25-10-7-23-5-8-24-9-6-23/h1-4,12H,5-11H2,(H3,19,20,21,22). The first kappa shape index (κ1) is 17.7. The Morgan fingerprint density at radius 2 is 2.04 bits per heavy atom. The van der Waals surface area contributed by atoms with Gasteiger partial charge in [-0.05, 0) is 6.07 Å². The summed E-state index contributed by atoms with van der Waals surface area (Å²) in [5, 5.41) is 3.51. The van der Waals surface area contributed by atoms with Crippen molar-refractivity contribution in [3.63, 3.8) is 0 Å². The van der Waals surface area contributed by atoms with Crippen molar-refractivity contribution in [3.8, 4) is 5.75 Å². The van der Waals surface area contributed by atoms with Crippen LogP contribution in [0.4, 0.5) is 11.6 Å². The molecule has 0 aliphatic carbocycles. The van der Waals surface area contributed by atoms with Gasteiger partial charge in [-0.1, -0.05) is 29.8 Å². The summed E-state index contributed by atoms with van der Waals surface area (Å²) in [5.41, 5.74) is 6.72. The van der Waals surface area contributed by atoms with Crippen LogP contribution in [0.3, 0.4) is 0 Å². The van der Waals surface area contributed by atoms with Gasteiger partial charge in [-0.3, -0.25) is 4.90 Å². The summed E-state index contributed by atoms with van der Waals surface area (Å²) in [4.78, 5) is 10.3. The molecular formula is C17H22ClN5O2. The Bertz CT molecular complexity index is 694. The van der Waals surface area contributed by atoms with E-state index >= 15 is 0 Å². The van der Waals surface area contributed by atoms with Crippen molar-refractivity contribution in [1.82, 2.24) is 14.9 Å². The fraction of sp³-hybridized carbons (Fsp3) is 0.412. The topological polar surface area (TPSA) is 85.5 Å². The Balaban J connectivity index is 1.56. The molecule has 0 amide bonds. The van der Waals surface area contributed by atoms with E-state index in [0.29, 0.717) is 24.0 Å². The number of nitrogens with one attached hydrogen (secondary N) is 1. The van der Waals surface area contributed by atoms with Gasteiger partial charge in [0.2, 0.25) is 0 Å². The molecule has 1 aromatic carbocycles. The average Bonchev–Trinajstić information content (AvgIpc) is 2.65. The van der Waals surface area contributed by atoms with Crippen LogP contribution in [0, 0.1) is 0 Å². The van der Waals surface area contributed by atoms with Gasteiger partial charge in [0.15, 0.2) is 5.82 Å². The van der Waals surface area contributed by atoms with Gasteiger partial charge in [0.25, 0.3) is 0 Å². The Labute approximate surface area is 152 Å². The van der Waals surface area contributed by atoms with Crippen molar-refractivity contribution in [2.45, 2.75) is 6.54 Å². The number of nitrogen functional groups attached to an aromatic ring is 1. The molecule has 3 N–H and O–H groups in total. The van der Waals surface area contributed by atoms with Crippen LogP contribution in [-0.2, 0) is 11.3 Å². The lowest BCUT2D eigenvalue weighted by atomic mass is 10.2. The molecule has 1 aliphatic heterocycles. The van der Waals surface area contributed by atoms with Gasteiger partial charge in [-0.15, -0.1) is 0 Å². The van der Waals surface area contributed by atoms with Gasteiger partial charge < -0.3 is 20.5 Å². The number of anilines is 2. The summed E-state index contributed by atoms with van der Waals surface area (Å²) in [5.74, 6) is 1.62. The van der Waals surface area contributed by atoms with Gasteiger partial charge in [0.1, 0.15) is 29.5 Å². The van der Waals surface area contributed by atoms with Crippen molar-refractivity contribution in [1.29, 1.82) is 0 Å². The number of aromatic nitrogens is 2. The maximum absolute atomic E-state index is 6.11. The van der Waals surface area contributed by atoms with E-state index in [-0.39, 0.29) is 5.82 Å². The first-order valence-electron chi connectivity index (χ1n) is 8.24. The SMILES string of the molecule is Nc1ncnc(NCc2ccccc2OCCN2CCOCC2)c1Cl. The fourth-order valence-electron chi connectivity index (χ4n) is 2.59. The van der Waals surface area contributed by atoms with Crippen LogP contribution >= 0.6 is 11.6 Å². The van der Waals surface area contributed by atoms with Crippen molar-refractivity contribution in [3.05, 3.63) is 41.2 Å². The van der Waals surface area contributed by atoms with Gasteiger partial charge in [0, 0.05) is 31.7 Å². The highest BCUT2D eigenvalue weighted by Crippen LogP contribution is 2.25. The minimum atomic E-state index is 0.259. The van der Waals surface area contributed by atoms with E-state index in [4.69, 9.17) is 26.8 Å². The molecule has 1 fully saturated rings. The van der Waals surface area contributed by atoms with Crippen LogP contribution in [0.2, 0.25) is 5.02 Å².